The van der Waals surface area contributed by atoms with Crippen LogP contribution in [0, 0.1) is 0 Å². The zero-order valence-corrected chi connectivity index (χ0v) is 12.2. The maximum Gasteiger partial charge on any atom is 0.319 e. The van der Waals surface area contributed by atoms with Crippen LogP contribution >= 0.6 is 0 Å². The maximum atomic E-state index is 11.9. The summed E-state index contributed by atoms with van der Waals surface area (Å²) in [6.07, 6.45) is 5.76. The third kappa shape index (κ3) is 3.09. The van der Waals surface area contributed by atoms with Gasteiger partial charge in [0, 0.05) is 6.20 Å². The summed E-state index contributed by atoms with van der Waals surface area (Å²) in [5.41, 5.74) is 1.70. The van der Waals surface area contributed by atoms with Crippen LogP contribution in [0.5, 0.6) is 0 Å². The summed E-state index contributed by atoms with van der Waals surface area (Å²) in [4.78, 5) is 15.9. The van der Waals surface area contributed by atoms with Crippen molar-refractivity contribution in [3.05, 3.63) is 59.9 Å². The number of nitrogens with zero attached hydrogens (tertiary/aromatic N) is 1. The number of amides is 2. The van der Waals surface area contributed by atoms with E-state index in [1.54, 1.807) is 24.5 Å². The Balaban J connectivity index is 1.65. The molecule has 5 nitrogen and oxygen atoms in total. The molecule has 1 aromatic carbocycles. The Labute approximate surface area is 129 Å². The predicted octanol–water partition coefficient (Wildman–Crippen LogP) is 2.43. The second-order valence-electron chi connectivity index (χ2n) is 5.59. The topological polar surface area (TPSA) is 74.2 Å². The van der Waals surface area contributed by atoms with Gasteiger partial charge in [0.1, 0.15) is 5.60 Å². The highest BCUT2D eigenvalue weighted by Gasteiger charge is 2.34. The molecule has 0 saturated carbocycles. The first kappa shape index (κ1) is 14.5. The van der Waals surface area contributed by atoms with Crippen LogP contribution in [0.15, 0.2) is 48.8 Å². The van der Waals surface area contributed by atoms with E-state index in [1.165, 1.54) is 0 Å². The SMILES string of the molecule is O=C(NC[C@]1(O)CCCc2ccccc21)Nc1cccnc1. The molecule has 0 aliphatic heterocycles. The maximum absolute atomic E-state index is 11.9. The van der Waals surface area contributed by atoms with Gasteiger partial charge < -0.3 is 15.7 Å². The number of urea groups is 1. The summed E-state index contributed by atoms with van der Waals surface area (Å²) >= 11 is 0. The smallest absolute Gasteiger partial charge is 0.319 e. The number of rotatable bonds is 3. The second kappa shape index (κ2) is 6.15. The Morgan fingerprint density at radius 3 is 2.95 bits per heavy atom. The average Bonchev–Trinajstić information content (AvgIpc) is 2.55. The number of carbonyl (C=O) groups is 1. The largest absolute Gasteiger partial charge is 0.383 e. The standard InChI is InChI=1S/C17H19N3O2/c21-16(20-14-7-4-10-18-11-14)19-12-17(22)9-3-6-13-5-1-2-8-15(13)17/h1-2,4-5,7-8,10-11,22H,3,6,9,12H2,(H2,19,20,21)/t17-/m1/s1. The van der Waals surface area contributed by atoms with Crippen molar-refractivity contribution in [3.8, 4) is 0 Å². The minimum Gasteiger partial charge on any atom is -0.383 e. The van der Waals surface area contributed by atoms with Gasteiger partial charge in [-0.3, -0.25) is 4.98 Å². The lowest BCUT2D eigenvalue weighted by molar-refractivity contribution is 0.0221. The number of pyridine rings is 1. The van der Waals surface area contributed by atoms with Crippen molar-refractivity contribution in [2.24, 2.45) is 0 Å². The number of anilines is 1. The third-order valence-corrected chi connectivity index (χ3v) is 4.02. The fourth-order valence-electron chi connectivity index (χ4n) is 2.92. The summed E-state index contributed by atoms with van der Waals surface area (Å²) in [7, 11) is 0. The van der Waals surface area contributed by atoms with Gasteiger partial charge >= 0.3 is 6.03 Å². The molecule has 1 aliphatic carbocycles. The summed E-state index contributed by atoms with van der Waals surface area (Å²) < 4.78 is 0. The summed E-state index contributed by atoms with van der Waals surface area (Å²) in [5.74, 6) is 0. The van der Waals surface area contributed by atoms with E-state index in [1.807, 2.05) is 24.3 Å². The zero-order valence-electron chi connectivity index (χ0n) is 12.2. The molecule has 5 heteroatoms. The van der Waals surface area contributed by atoms with Gasteiger partial charge in [0.2, 0.25) is 0 Å². The Hall–Kier alpha value is -2.40. The molecule has 1 atom stereocenters. The Morgan fingerprint density at radius 2 is 2.14 bits per heavy atom. The Bertz CT molecular complexity index is 660. The highest BCUT2D eigenvalue weighted by atomic mass is 16.3. The summed E-state index contributed by atoms with van der Waals surface area (Å²) in [6, 6.07) is 11.0. The van der Waals surface area contributed by atoms with Gasteiger partial charge in [-0.05, 0) is 42.5 Å². The minimum absolute atomic E-state index is 0.191. The summed E-state index contributed by atoms with van der Waals surface area (Å²) in [5, 5.41) is 16.3. The number of hydrogen-bond acceptors (Lipinski definition) is 3. The molecule has 1 aromatic heterocycles. The number of aryl methyl sites for hydroxylation is 1. The Morgan fingerprint density at radius 1 is 1.27 bits per heavy atom. The molecule has 3 N–H and O–H groups in total. The molecule has 2 aromatic rings. The molecule has 22 heavy (non-hydrogen) atoms. The number of aliphatic hydroxyl groups is 1. The fraction of sp³-hybridized carbons (Fsp3) is 0.294. The molecule has 0 spiro atoms. The first-order valence-corrected chi connectivity index (χ1v) is 7.43. The van der Waals surface area contributed by atoms with Crippen LogP contribution in [-0.4, -0.2) is 22.7 Å². The van der Waals surface area contributed by atoms with Crippen LogP contribution in [0.3, 0.4) is 0 Å². The van der Waals surface area contributed by atoms with E-state index in [9.17, 15) is 9.90 Å². The molecule has 1 heterocycles. The predicted molar refractivity (Wildman–Crippen MR) is 84.5 cm³/mol. The molecule has 1 aliphatic rings. The van der Waals surface area contributed by atoms with Crippen LogP contribution in [0.2, 0.25) is 0 Å². The lowest BCUT2D eigenvalue weighted by atomic mass is 9.79. The second-order valence-corrected chi connectivity index (χ2v) is 5.59. The van der Waals surface area contributed by atoms with Gasteiger partial charge in [-0.25, -0.2) is 4.79 Å². The van der Waals surface area contributed by atoms with Gasteiger partial charge in [0.25, 0.3) is 0 Å². The van der Waals surface area contributed by atoms with E-state index < -0.39 is 5.60 Å². The van der Waals surface area contributed by atoms with Crippen LogP contribution in [0.1, 0.15) is 24.0 Å². The van der Waals surface area contributed by atoms with Crippen LogP contribution in [-0.2, 0) is 12.0 Å². The highest BCUT2D eigenvalue weighted by molar-refractivity contribution is 5.89. The van der Waals surface area contributed by atoms with Gasteiger partial charge in [-0.15, -0.1) is 0 Å². The number of aromatic nitrogens is 1. The van der Waals surface area contributed by atoms with Crippen molar-refractivity contribution in [1.82, 2.24) is 10.3 Å². The van der Waals surface area contributed by atoms with Crippen LogP contribution < -0.4 is 10.6 Å². The molecule has 114 valence electrons. The van der Waals surface area contributed by atoms with E-state index in [-0.39, 0.29) is 12.6 Å². The Kier molecular flexibility index (Phi) is 4.06. The van der Waals surface area contributed by atoms with E-state index in [0.717, 1.165) is 24.0 Å². The lowest BCUT2D eigenvalue weighted by Crippen LogP contribution is -2.44. The molecule has 0 bridgehead atoms. The molecule has 0 radical (unpaired) electrons. The minimum atomic E-state index is -0.999. The van der Waals surface area contributed by atoms with Gasteiger partial charge in [0.05, 0.1) is 18.4 Å². The van der Waals surface area contributed by atoms with E-state index >= 15 is 0 Å². The quantitative estimate of drug-likeness (QED) is 0.814. The van der Waals surface area contributed by atoms with Crippen molar-refractivity contribution >= 4 is 11.7 Å². The third-order valence-electron chi connectivity index (χ3n) is 4.02. The van der Waals surface area contributed by atoms with Gasteiger partial charge in [-0.2, -0.15) is 0 Å². The van der Waals surface area contributed by atoms with Crippen LogP contribution in [0.4, 0.5) is 10.5 Å². The van der Waals surface area contributed by atoms with Crippen LogP contribution in [0.25, 0.3) is 0 Å². The molecule has 0 saturated heterocycles. The van der Waals surface area contributed by atoms with E-state index in [4.69, 9.17) is 0 Å². The van der Waals surface area contributed by atoms with Crippen molar-refractivity contribution in [3.63, 3.8) is 0 Å². The monoisotopic (exact) mass is 297 g/mol. The number of benzene rings is 1. The first-order valence-electron chi connectivity index (χ1n) is 7.43. The number of nitrogens with one attached hydrogen (secondary N) is 2. The van der Waals surface area contributed by atoms with E-state index in [0.29, 0.717) is 12.1 Å². The van der Waals surface area contributed by atoms with Gasteiger partial charge in [0.15, 0.2) is 0 Å². The van der Waals surface area contributed by atoms with Crippen molar-refractivity contribution in [2.45, 2.75) is 24.9 Å². The molecule has 0 fully saturated rings. The van der Waals surface area contributed by atoms with Crippen molar-refractivity contribution in [1.29, 1.82) is 0 Å². The molecular formula is C17H19N3O2. The fourth-order valence-corrected chi connectivity index (χ4v) is 2.92. The highest BCUT2D eigenvalue weighted by Crippen LogP contribution is 2.34. The van der Waals surface area contributed by atoms with Gasteiger partial charge in [-0.1, -0.05) is 24.3 Å². The molecule has 3 rings (SSSR count). The number of carbonyl (C=O) groups excluding carboxylic acids is 1. The first-order chi connectivity index (χ1) is 10.7. The van der Waals surface area contributed by atoms with Crippen molar-refractivity contribution < 1.29 is 9.90 Å². The zero-order chi connectivity index (χ0) is 15.4. The number of fused-ring (bicyclic) bond motifs is 1. The number of hydrogen-bond donors (Lipinski definition) is 3. The normalized spacial score (nSPS) is 20.0. The van der Waals surface area contributed by atoms with E-state index in [2.05, 4.69) is 15.6 Å². The summed E-state index contributed by atoms with van der Waals surface area (Å²) in [6.45, 7) is 0.191. The average molecular weight is 297 g/mol. The molecule has 0 unspecified atom stereocenters. The molecular weight excluding hydrogens is 278 g/mol. The molecule has 2 amide bonds. The lowest BCUT2D eigenvalue weighted by Gasteiger charge is -2.34. The van der Waals surface area contributed by atoms with Crippen molar-refractivity contribution in [2.75, 3.05) is 11.9 Å².